The molecule has 1 spiro atoms. The number of amides is 1. The zero-order chi connectivity index (χ0) is 14.7. The summed E-state index contributed by atoms with van der Waals surface area (Å²) in [6.07, 6.45) is 1.23. The largest absolute Gasteiger partial charge is 0.384 e. The molecule has 0 aromatic rings. The maximum Gasteiger partial charge on any atom is 0.263 e. The van der Waals surface area contributed by atoms with Gasteiger partial charge in [0.05, 0.1) is 18.9 Å². The zero-order valence-electron chi connectivity index (χ0n) is 11.4. The topological polar surface area (TPSA) is 76.1 Å². The summed E-state index contributed by atoms with van der Waals surface area (Å²) >= 11 is 0. The molecule has 6 heteroatoms. The Kier molecular flexibility index (Phi) is 2.86. The van der Waals surface area contributed by atoms with Crippen LogP contribution in [0.3, 0.4) is 0 Å². The van der Waals surface area contributed by atoms with Crippen molar-refractivity contribution in [3.8, 4) is 0 Å². The number of aliphatic hydroxyl groups is 1. The second-order valence-electron chi connectivity index (χ2n) is 5.39. The lowest BCUT2D eigenvalue weighted by atomic mass is 9.62. The third-order valence-corrected chi connectivity index (χ3v) is 4.56. The number of rotatable bonds is 2. The Balaban J connectivity index is 2.18. The highest BCUT2D eigenvalue weighted by atomic mass is 16.7. The van der Waals surface area contributed by atoms with Crippen molar-refractivity contribution < 1.29 is 24.3 Å². The number of hydroxylamine groups is 2. The number of fused-ring (bicyclic) bond motifs is 1. The maximum atomic E-state index is 12.7. The van der Waals surface area contributed by atoms with Crippen LogP contribution in [0.15, 0.2) is 24.4 Å². The van der Waals surface area contributed by atoms with Crippen molar-refractivity contribution in [2.75, 3.05) is 7.11 Å². The van der Waals surface area contributed by atoms with Gasteiger partial charge in [0.2, 0.25) is 0 Å². The summed E-state index contributed by atoms with van der Waals surface area (Å²) in [5.74, 6) is -1.17. The first-order valence-electron chi connectivity index (χ1n) is 6.56. The molecule has 3 rings (SSSR count). The molecular formula is C14H17NO5. The summed E-state index contributed by atoms with van der Waals surface area (Å²) in [6.45, 7) is 5.65. The molecule has 0 aromatic carbocycles. The molecule has 1 N–H and O–H groups in total. The van der Waals surface area contributed by atoms with Crippen molar-refractivity contribution >= 4 is 11.7 Å². The van der Waals surface area contributed by atoms with E-state index in [0.717, 1.165) is 5.06 Å². The lowest BCUT2D eigenvalue weighted by Crippen LogP contribution is -2.57. The molecule has 1 aliphatic carbocycles. The average Bonchev–Trinajstić information content (AvgIpc) is 2.78. The van der Waals surface area contributed by atoms with Crippen LogP contribution in [0.2, 0.25) is 0 Å². The monoisotopic (exact) mass is 279 g/mol. The van der Waals surface area contributed by atoms with Crippen LogP contribution in [0, 0.1) is 11.3 Å². The molecule has 2 bridgehead atoms. The molecule has 5 atom stereocenters. The van der Waals surface area contributed by atoms with Gasteiger partial charge < -0.3 is 9.84 Å². The van der Waals surface area contributed by atoms with Crippen molar-refractivity contribution in [1.82, 2.24) is 5.06 Å². The van der Waals surface area contributed by atoms with Gasteiger partial charge in [-0.25, -0.2) is 0 Å². The smallest absolute Gasteiger partial charge is 0.263 e. The van der Waals surface area contributed by atoms with Crippen molar-refractivity contribution in [3.05, 3.63) is 24.4 Å². The number of hydrogen-bond donors (Lipinski definition) is 1. The summed E-state index contributed by atoms with van der Waals surface area (Å²) in [5.41, 5.74) is -0.997. The van der Waals surface area contributed by atoms with E-state index in [-0.39, 0.29) is 18.1 Å². The third kappa shape index (κ3) is 1.29. The van der Waals surface area contributed by atoms with E-state index in [1.807, 2.05) is 13.0 Å². The van der Waals surface area contributed by atoms with E-state index in [2.05, 4.69) is 6.58 Å². The van der Waals surface area contributed by atoms with E-state index in [1.165, 1.54) is 7.11 Å². The number of carbonyl (C=O) groups is 2. The molecule has 2 heterocycles. The first-order valence-corrected chi connectivity index (χ1v) is 6.56. The van der Waals surface area contributed by atoms with E-state index >= 15 is 0 Å². The number of ether oxygens (including phenoxy) is 1. The Labute approximate surface area is 116 Å². The van der Waals surface area contributed by atoms with Gasteiger partial charge in [0.1, 0.15) is 17.6 Å². The predicted octanol–water partition coefficient (Wildman–Crippen LogP) is 0.183. The fourth-order valence-electron chi connectivity index (χ4n) is 3.76. The van der Waals surface area contributed by atoms with E-state index in [1.54, 1.807) is 6.08 Å². The minimum atomic E-state index is -1.39. The van der Waals surface area contributed by atoms with Gasteiger partial charge in [0.25, 0.3) is 5.91 Å². The fourth-order valence-corrected chi connectivity index (χ4v) is 3.76. The lowest BCUT2D eigenvalue weighted by molar-refractivity contribution is -0.178. The summed E-state index contributed by atoms with van der Waals surface area (Å²) < 4.78 is 5.85. The van der Waals surface area contributed by atoms with Gasteiger partial charge in [-0.05, 0) is 6.92 Å². The van der Waals surface area contributed by atoms with Gasteiger partial charge in [-0.15, -0.1) is 0 Å². The van der Waals surface area contributed by atoms with E-state index in [9.17, 15) is 14.7 Å². The first-order chi connectivity index (χ1) is 9.49. The molecule has 108 valence electrons. The molecule has 0 unspecified atom stereocenters. The molecule has 2 saturated heterocycles. The van der Waals surface area contributed by atoms with Crippen molar-refractivity contribution in [2.24, 2.45) is 11.3 Å². The summed E-state index contributed by atoms with van der Waals surface area (Å²) in [7, 11) is 1.35. The van der Waals surface area contributed by atoms with E-state index < -0.39 is 29.6 Å². The summed E-state index contributed by atoms with van der Waals surface area (Å²) in [4.78, 5) is 29.7. The maximum absolute atomic E-state index is 12.7. The van der Waals surface area contributed by atoms with Gasteiger partial charge in [0.15, 0.2) is 5.78 Å². The van der Waals surface area contributed by atoms with Crippen LogP contribution in [0.5, 0.6) is 0 Å². The fraction of sp³-hybridized carbons (Fsp3) is 0.571. The van der Waals surface area contributed by atoms with Crippen LogP contribution < -0.4 is 0 Å². The second kappa shape index (κ2) is 4.25. The van der Waals surface area contributed by atoms with Crippen molar-refractivity contribution in [1.29, 1.82) is 0 Å². The number of hydrogen-bond acceptors (Lipinski definition) is 5. The number of Topliss-reactive ketones (excluding diaryl/α,β-unsaturated/α-hetero) is 1. The predicted molar refractivity (Wildman–Crippen MR) is 68.0 cm³/mol. The molecule has 3 fully saturated rings. The van der Waals surface area contributed by atoms with Gasteiger partial charge in [-0.1, -0.05) is 18.7 Å². The molecule has 0 aromatic heterocycles. The Bertz CT molecular complexity index is 528. The number of nitrogens with zero attached hydrogens (tertiary/aromatic N) is 1. The van der Waals surface area contributed by atoms with Gasteiger partial charge in [-0.2, -0.15) is 5.06 Å². The Hall–Kier alpha value is -1.50. The van der Waals surface area contributed by atoms with Crippen LogP contribution in [0.25, 0.3) is 0 Å². The summed E-state index contributed by atoms with van der Waals surface area (Å²) in [6, 6.07) is 0. The standard InChI is InChI=1S/C14H17NO5/c1-4-5-8-10-6-9(16)11(17)14(8)12(20-10)7(2)15(19-3)13(14)18/h4-5,8,10-12,17H,2,6H2,1,3H3/b5-4+/t8-,10+,11+,12-,14+/m0/s1. The van der Waals surface area contributed by atoms with Crippen molar-refractivity contribution in [2.45, 2.75) is 31.7 Å². The second-order valence-corrected chi connectivity index (χ2v) is 5.39. The average molecular weight is 279 g/mol. The molecule has 1 saturated carbocycles. The third-order valence-electron chi connectivity index (χ3n) is 4.56. The van der Waals surface area contributed by atoms with Gasteiger partial charge >= 0.3 is 0 Å². The molecule has 3 aliphatic rings. The molecule has 20 heavy (non-hydrogen) atoms. The lowest BCUT2D eigenvalue weighted by Gasteiger charge is -2.38. The number of allylic oxidation sites excluding steroid dienone is 1. The van der Waals surface area contributed by atoms with E-state index in [0.29, 0.717) is 5.70 Å². The summed E-state index contributed by atoms with van der Waals surface area (Å²) in [5, 5.41) is 11.4. The normalized spacial score (nSPS) is 43.8. The SMILES string of the molecule is C=C1[C@@H]2O[C@@H]3CC(=O)[C@@H](O)[C@]2(C(=O)N1OC)[C@H]3/C=C/C. The molecule has 1 amide bonds. The molecule has 2 aliphatic heterocycles. The van der Waals surface area contributed by atoms with Gasteiger partial charge in [-0.3, -0.25) is 14.4 Å². The quantitative estimate of drug-likeness (QED) is 0.730. The Morgan fingerprint density at radius 2 is 2.25 bits per heavy atom. The van der Waals surface area contributed by atoms with Crippen LogP contribution in [0.4, 0.5) is 0 Å². The van der Waals surface area contributed by atoms with Crippen LogP contribution >= 0.6 is 0 Å². The molecule has 6 nitrogen and oxygen atoms in total. The highest BCUT2D eigenvalue weighted by molar-refractivity contribution is 5.99. The number of carbonyl (C=O) groups excluding carboxylic acids is 2. The van der Waals surface area contributed by atoms with Crippen LogP contribution in [-0.2, 0) is 19.2 Å². The number of ketones is 1. The molecule has 0 radical (unpaired) electrons. The first kappa shape index (κ1) is 13.5. The van der Waals surface area contributed by atoms with Crippen LogP contribution in [0.1, 0.15) is 13.3 Å². The molecular weight excluding hydrogens is 262 g/mol. The Morgan fingerprint density at radius 3 is 2.85 bits per heavy atom. The highest BCUT2D eigenvalue weighted by Gasteiger charge is 2.74. The zero-order valence-corrected chi connectivity index (χ0v) is 11.4. The Morgan fingerprint density at radius 1 is 1.55 bits per heavy atom. The van der Waals surface area contributed by atoms with Crippen molar-refractivity contribution in [3.63, 3.8) is 0 Å². The van der Waals surface area contributed by atoms with Crippen LogP contribution in [-0.4, -0.2) is 47.3 Å². The minimum absolute atomic E-state index is 0.113. The minimum Gasteiger partial charge on any atom is -0.384 e. The van der Waals surface area contributed by atoms with Gasteiger partial charge in [0, 0.05) is 12.3 Å². The highest BCUT2D eigenvalue weighted by Crippen LogP contribution is 2.58. The van der Waals surface area contributed by atoms with E-state index in [4.69, 9.17) is 9.57 Å². The number of aliphatic hydroxyl groups excluding tert-OH is 1.